The largest absolute Gasteiger partial charge is 0.490 e. The second-order valence-electron chi connectivity index (χ2n) is 6.66. The predicted octanol–water partition coefficient (Wildman–Crippen LogP) is 1.78. The van der Waals surface area contributed by atoms with Gasteiger partial charge in [0, 0.05) is 6.42 Å². The zero-order valence-electron chi connectivity index (χ0n) is 17.2. The molecule has 1 fully saturated rings. The van der Waals surface area contributed by atoms with Crippen LogP contribution in [0.25, 0.3) is 0 Å². The van der Waals surface area contributed by atoms with Crippen molar-refractivity contribution in [2.24, 2.45) is 0 Å². The summed E-state index contributed by atoms with van der Waals surface area (Å²) in [5, 5.41) is 11.6. The smallest absolute Gasteiger partial charge is 0.445 e. The third-order valence-corrected chi connectivity index (χ3v) is 8.11. The van der Waals surface area contributed by atoms with Crippen molar-refractivity contribution >= 4 is 29.6 Å². The highest BCUT2D eigenvalue weighted by Gasteiger charge is 2.43. The standard InChI is InChI=1S/C15H24NO14P3/c1-11-7-13(17)14(28-11)9-26-31(19,20)29-33(23,24)30-32(21,22)27-10-16-15(18)25-8-12-5-3-2-4-6-12/h2-6,11,13-14,17H,7-10H2,1H3,(H,16,18)(H,19,20)(H,21,22)(H,23,24)/t11-,13+,14+/m0/s1. The number of benzene rings is 1. The molecule has 0 radical (unpaired) electrons. The number of ether oxygens (including phenoxy) is 2. The van der Waals surface area contributed by atoms with Crippen LogP contribution >= 0.6 is 23.5 Å². The zero-order valence-corrected chi connectivity index (χ0v) is 19.8. The van der Waals surface area contributed by atoms with E-state index in [0.29, 0.717) is 5.56 Å². The van der Waals surface area contributed by atoms with Gasteiger partial charge in [-0.15, -0.1) is 0 Å². The highest BCUT2D eigenvalue weighted by Crippen LogP contribution is 2.67. The maximum Gasteiger partial charge on any atom is 0.490 e. The highest BCUT2D eigenvalue weighted by molar-refractivity contribution is 7.66. The number of aliphatic hydroxyl groups excluding tert-OH is 1. The third-order valence-electron chi connectivity index (χ3n) is 3.88. The number of alkyl carbamates (subject to hydrolysis) is 1. The Morgan fingerprint density at radius 3 is 2.24 bits per heavy atom. The quantitative estimate of drug-likeness (QED) is 0.190. The van der Waals surface area contributed by atoms with Crippen molar-refractivity contribution in [1.29, 1.82) is 0 Å². The SMILES string of the molecule is C[C@H]1C[C@@H](O)[C@@H](COP(=O)(O)OP(=O)(O)OP(=O)(O)OCNC(=O)OCc2ccccc2)O1. The van der Waals surface area contributed by atoms with Crippen LogP contribution in [-0.4, -0.2) is 57.5 Å². The Balaban J connectivity index is 1.74. The lowest BCUT2D eigenvalue weighted by molar-refractivity contribution is -0.0167. The number of carbonyl (C=O) groups excluding carboxylic acids is 1. The summed E-state index contributed by atoms with van der Waals surface area (Å²) in [4.78, 5) is 40.0. The van der Waals surface area contributed by atoms with Gasteiger partial charge in [0.25, 0.3) is 0 Å². The molecule has 15 nitrogen and oxygen atoms in total. The van der Waals surface area contributed by atoms with Gasteiger partial charge in [-0.25, -0.2) is 18.5 Å². The van der Waals surface area contributed by atoms with Crippen LogP contribution < -0.4 is 5.32 Å². The number of aliphatic hydroxyl groups is 1. The molecule has 1 saturated heterocycles. The van der Waals surface area contributed by atoms with E-state index in [1.54, 1.807) is 37.3 Å². The minimum Gasteiger partial charge on any atom is -0.445 e. The Kier molecular flexibility index (Phi) is 10.2. The number of amides is 1. The van der Waals surface area contributed by atoms with Crippen LogP contribution in [0, 0.1) is 0 Å². The topological polar surface area (TPSA) is 217 Å². The summed E-state index contributed by atoms with van der Waals surface area (Å²) in [6.45, 7) is -0.122. The van der Waals surface area contributed by atoms with Gasteiger partial charge in [0.15, 0.2) is 0 Å². The molecule has 18 heteroatoms. The Morgan fingerprint density at radius 2 is 1.67 bits per heavy atom. The van der Waals surface area contributed by atoms with Crippen LogP contribution in [0.2, 0.25) is 0 Å². The number of phosphoric ester groups is 2. The Hall–Kier alpha value is -1.18. The van der Waals surface area contributed by atoms with Crippen LogP contribution in [0.3, 0.4) is 0 Å². The third kappa shape index (κ3) is 10.7. The van der Waals surface area contributed by atoms with E-state index >= 15 is 0 Å². The number of hydrogen-bond donors (Lipinski definition) is 5. The molecule has 2 rings (SSSR count). The van der Waals surface area contributed by atoms with Crippen molar-refractivity contribution in [3.63, 3.8) is 0 Å². The molecule has 1 aromatic rings. The molecule has 0 aliphatic carbocycles. The first kappa shape index (κ1) is 28.1. The van der Waals surface area contributed by atoms with E-state index in [9.17, 15) is 38.3 Å². The molecular formula is C15H24NO14P3. The monoisotopic (exact) mass is 535 g/mol. The summed E-state index contributed by atoms with van der Waals surface area (Å²) in [6.07, 6.45) is -3.15. The van der Waals surface area contributed by atoms with Gasteiger partial charge >= 0.3 is 29.6 Å². The lowest BCUT2D eigenvalue weighted by Crippen LogP contribution is -2.26. The van der Waals surface area contributed by atoms with Gasteiger partial charge in [-0.3, -0.25) is 14.4 Å². The molecule has 1 aliphatic heterocycles. The maximum atomic E-state index is 11.8. The van der Waals surface area contributed by atoms with Crippen molar-refractivity contribution in [2.75, 3.05) is 13.3 Å². The first-order valence-electron chi connectivity index (χ1n) is 9.25. The zero-order chi connectivity index (χ0) is 24.7. The lowest BCUT2D eigenvalue weighted by atomic mass is 10.1. The fraction of sp³-hybridized carbons (Fsp3) is 0.533. The van der Waals surface area contributed by atoms with Crippen LogP contribution in [-0.2, 0) is 47.4 Å². The second-order valence-corrected chi connectivity index (χ2v) is 11.3. The second kappa shape index (κ2) is 12.0. The fourth-order valence-corrected chi connectivity index (χ4v) is 5.94. The van der Waals surface area contributed by atoms with E-state index in [4.69, 9.17) is 9.47 Å². The average Bonchev–Trinajstić information content (AvgIpc) is 3.01. The van der Waals surface area contributed by atoms with Gasteiger partial charge in [-0.1, -0.05) is 30.3 Å². The van der Waals surface area contributed by atoms with Crippen molar-refractivity contribution < 1.29 is 65.4 Å². The van der Waals surface area contributed by atoms with E-state index in [1.165, 1.54) is 0 Å². The molecule has 5 N–H and O–H groups in total. The molecule has 1 aliphatic rings. The van der Waals surface area contributed by atoms with Crippen molar-refractivity contribution in [3.05, 3.63) is 35.9 Å². The molecule has 1 amide bonds. The first-order valence-corrected chi connectivity index (χ1v) is 13.7. The Morgan fingerprint density at radius 1 is 1.06 bits per heavy atom. The number of nitrogens with one attached hydrogen (secondary N) is 1. The summed E-state index contributed by atoms with van der Waals surface area (Å²) in [7, 11) is -16.3. The summed E-state index contributed by atoms with van der Waals surface area (Å²) < 4.78 is 61.9. The van der Waals surface area contributed by atoms with Gasteiger partial charge in [-0.2, -0.15) is 8.62 Å². The van der Waals surface area contributed by atoms with E-state index in [-0.39, 0.29) is 19.1 Å². The normalized spacial score (nSPS) is 26.0. The fourth-order valence-electron chi connectivity index (χ4n) is 2.52. The van der Waals surface area contributed by atoms with Crippen LogP contribution in [0.15, 0.2) is 30.3 Å². The molecule has 33 heavy (non-hydrogen) atoms. The van der Waals surface area contributed by atoms with E-state index in [0.717, 1.165) is 0 Å². The van der Waals surface area contributed by atoms with E-state index < -0.39 is 55.1 Å². The van der Waals surface area contributed by atoms with Gasteiger partial charge in [-0.05, 0) is 12.5 Å². The lowest BCUT2D eigenvalue weighted by Gasteiger charge is -2.20. The van der Waals surface area contributed by atoms with Gasteiger partial charge in [0.2, 0.25) is 0 Å². The summed E-state index contributed by atoms with van der Waals surface area (Å²) in [5.41, 5.74) is 0.669. The summed E-state index contributed by atoms with van der Waals surface area (Å²) >= 11 is 0. The molecule has 6 atom stereocenters. The molecule has 0 saturated carbocycles. The molecule has 3 unspecified atom stereocenters. The molecular weight excluding hydrogens is 511 g/mol. The number of rotatable bonds is 12. The number of carbonyl (C=O) groups is 1. The highest BCUT2D eigenvalue weighted by atomic mass is 31.3. The molecule has 188 valence electrons. The van der Waals surface area contributed by atoms with E-state index in [1.807, 2.05) is 5.32 Å². The molecule has 1 aromatic carbocycles. The molecule has 1 heterocycles. The first-order chi connectivity index (χ1) is 15.3. The Labute approximate surface area is 188 Å². The van der Waals surface area contributed by atoms with Crippen LogP contribution in [0.1, 0.15) is 18.9 Å². The van der Waals surface area contributed by atoms with Crippen molar-refractivity contribution in [1.82, 2.24) is 5.32 Å². The number of phosphoric acid groups is 3. The minimum atomic E-state index is -5.66. The van der Waals surface area contributed by atoms with Gasteiger partial charge in [0.1, 0.15) is 19.4 Å². The Bertz CT molecular complexity index is 930. The van der Waals surface area contributed by atoms with Crippen LogP contribution in [0.4, 0.5) is 4.79 Å². The molecule has 0 spiro atoms. The maximum absolute atomic E-state index is 11.8. The summed E-state index contributed by atoms with van der Waals surface area (Å²) in [6, 6.07) is 8.57. The van der Waals surface area contributed by atoms with Crippen molar-refractivity contribution in [2.45, 2.75) is 38.3 Å². The number of hydrogen-bond acceptors (Lipinski definition) is 11. The van der Waals surface area contributed by atoms with Crippen molar-refractivity contribution in [3.8, 4) is 0 Å². The molecule has 0 bridgehead atoms. The average molecular weight is 535 g/mol. The van der Waals surface area contributed by atoms with Gasteiger partial charge in [0.05, 0.1) is 18.8 Å². The van der Waals surface area contributed by atoms with E-state index in [2.05, 4.69) is 17.7 Å². The molecule has 0 aromatic heterocycles. The predicted molar refractivity (Wildman–Crippen MR) is 108 cm³/mol. The minimum absolute atomic E-state index is 0.104. The van der Waals surface area contributed by atoms with Crippen LogP contribution in [0.5, 0.6) is 0 Å². The summed E-state index contributed by atoms with van der Waals surface area (Å²) in [5.74, 6) is 0. The van der Waals surface area contributed by atoms with Gasteiger partial charge < -0.3 is 29.3 Å².